The molecule has 2 aromatic carbocycles. The molecule has 1 unspecified atom stereocenters. The second kappa shape index (κ2) is 9.62. The van der Waals surface area contributed by atoms with Gasteiger partial charge in [0.05, 0.1) is 5.92 Å². The van der Waals surface area contributed by atoms with Gasteiger partial charge in [0.2, 0.25) is 5.91 Å². The molecule has 9 heteroatoms. The molecule has 1 amide bonds. The molecule has 2 aromatic rings. The van der Waals surface area contributed by atoms with Gasteiger partial charge in [-0.3, -0.25) is 4.79 Å². The van der Waals surface area contributed by atoms with Crippen molar-refractivity contribution in [2.75, 3.05) is 56.0 Å². The van der Waals surface area contributed by atoms with Gasteiger partial charge in [-0.1, -0.05) is 19.1 Å². The molecular weight excluding hydrogens is 462 g/mol. The fourth-order valence-electron chi connectivity index (χ4n) is 5.34. The number of aryl methyl sites for hydroxylation is 1. The number of nitrogens with zero attached hydrogens (tertiary/aromatic N) is 4. The van der Waals surface area contributed by atoms with E-state index in [4.69, 9.17) is 0 Å². The van der Waals surface area contributed by atoms with Crippen molar-refractivity contribution in [1.82, 2.24) is 9.80 Å². The Morgan fingerprint density at radius 2 is 1.83 bits per heavy atom. The van der Waals surface area contributed by atoms with Crippen molar-refractivity contribution in [3.05, 3.63) is 53.6 Å². The maximum Gasteiger partial charge on any atom is 0.285 e. The molecule has 3 aliphatic heterocycles. The van der Waals surface area contributed by atoms with Crippen LogP contribution in [-0.4, -0.2) is 75.8 Å². The number of rotatable bonds is 4. The summed E-state index contributed by atoms with van der Waals surface area (Å²) < 4.78 is 29.0. The van der Waals surface area contributed by atoms with E-state index in [0.717, 1.165) is 56.8 Å². The number of likely N-dealkylation sites (N-methyl/N-ethyl adjacent to an activating group) is 1. The third-order valence-electron chi connectivity index (χ3n) is 7.33. The molecule has 3 aliphatic rings. The van der Waals surface area contributed by atoms with Crippen LogP contribution in [0.1, 0.15) is 30.9 Å². The van der Waals surface area contributed by atoms with Crippen LogP contribution in [0.2, 0.25) is 0 Å². The third kappa shape index (κ3) is 4.79. The Balaban J connectivity index is 1.25. The van der Waals surface area contributed by atoms with Crippen LogP contribution < -0.4 is 10.2 Å². The number of amides is 1. The van der Waals surface area contributed by atoms with Gasteiger partial charge in [0.1, 0.15) is 4.90 Å². The molecule has 0 spiro atoms. The molecule has 0 radical (unpaired) electrons. The minimum Gasteiger partial charge on any atom is -0.369 e. The molecule has 2 fully saturated rings. The molecule has 0 saturated carbocycles. The number of carbonyl (C=O) groups is 1. The molecule has 1 N–H and O–H groups in total. The topological polar surface area (TPSA) is 85.3 Å². The Bertz CT molecular complexity index is 1250. The van der Waals surface area contributed by atoms with Gasteiger partial charge in [0.15, 0.2) is 5.84 Å². The van der Waals surface area contributed by atoms with Gasteiger partial charge in [-0.15, -0.1) is 4.40 Å². The number of piperidine rings is 1. The van der Waals surface area contributed by atoms with Crippen LogP contribution in [-0.2, 0) is 14.8 Å². The lowest BCUT2D eigenvalue weighted by Gasteiger charge is -2.36. The van der Waals surface area contributed by atoms with E-state index in [-0.39, 0.29) is 16.7 Å². The van der Waals surface area contributed by atoms with Crippen molar-refractivity contribution in [2.24, 2.45) is 10.3 Å². The number of hydrogen-bond acceptors (Lipinski definition) is 6. The molecular formula is C26H33N5O3S. The van der Waals surface area contributed by atoms with Crippen LogP contribution in [0.15, 0.2) is 51.8 Å². The van der Waals surface area contributed by atoms with Gasteiger partial charge >= 0.3 is 0 Å². The molecule has 2 saturated heterocycles. The summed E-state index contributed by atoms with van der Waals surface area (Å²) in [4.78, 5) is 20.2. The van der Waals surface area contributed by atoms with Crippen molar-refractivity contribution >= 4 is 33.1 Å². The zero-order valence-corrected chi connectivity index (χ0v) is 21.2. The maximum atomic E-state index is 13.2. The normalized spacial score (nSPS) is 22.0. The first-order chi connectivity index (χ1) is 16.9. The number of anilines is 2. The monoisotopic (exact) mass is 495 g/mol. The van der Waals surface area contributed by atoms with E-state index in [1.807, 2.05) is 23.1 Å². The van der Waals surface area contributed by atoms with E-state index in [9.17, 15) is 13.2 Å². The highest BCUT2D eigenvalue weighted by atomic mass is 32.2. The lowest BCUT2D eigenvalue weighted by molar-refractivity contribution is -0.121. The summed E-state index contributed by atoms with van der Waals surface area (Å²) in [5.74, 6) is 0.193. The van der Waals surface area contributed by atoms with Gasteiger partial charge in [0.25, 0.3) is 10.0 Å². The summed E-state index contributed by atoms with van der Waals surface area (Å²) in [7, 11) is -3.67. The number of benzene rings is 2. The largest absolute Gasteiger partial charge is 0.369 e. The van der Waals surface area contributed by atoms with Gasteiger partial charge < -0.3 is 20.0 Å². The molecule has 186 valence electrons. The molecule has 1 atom stereocenters. The average molecular weight is 496 g/mol. The number of piperazine rings is 1. The quantitative estimate of drug-likeness (QED) is 0.702. The minimum atomic E-state index is -3.67. The summed E-state index contributed by atoms with van der Waals surface area (Å²) in [5.41, 5.74) is 3.80. The molecule has 5 rings (SSSR count). The van der Waals surface area contributed by atoms with E-state index < -0.39 is 10.0 Å². The predicted octanol–water partition coefficient (Wildman–Crippen LogP) is 2.94. The fourth-order valence-corrected chi connectivity index (χ4v) is 6.57. The highest BCUT2D eigenvalue weighted by molar-refractivity contribution is 7.90. The lowest BCUT2D eigenvalue weighted by Crippen LogP contribution is -2.46. The van der Waals surface area contributed by atoms with Crippen molar-refractivity contribution in [1.29, 1.82) is 0 Å². The third-order valence-corrected chi connectivity index (χ3v) is 8.65. The smallest absolute Gasteiger partial charge is 0.285 e. The zero-order chi connectivity index (χ0) is 24.6. The van der Waals surface area contributed by atoms with Crippen LogP contribution >= 0.6 is 0 Å². The first-order valence-electron chi connectivity index (χ1n) is 12.4. The van der Waals surface area contributed by atoms with E-state index in [2.05, 4.69) is 39.4 Å². The fraction of sp³-hybridized carbons (Fsp3) is 0.462. The number of nitrogens with one attached hydrogen (secondary N) is 1. The van der Waals surface area contributed by atoms with Crippen LogP contribution in [0.4, 0.5) is 11.4 Å². The van der Waals surface area contributed by atoms with Crippen molar-refractivity contribution < 1.29 is 13.2 Å². The second-order valence-electron chi connectivity index (χ2n) is 9.58. The minimum absolute atomic E-state index is 0.0341. The van der Waals surface area contributed by atoms with Crippen LogP contribution in [0.3, 0.4) is 0 Å². The highest BCUT2D eigenvalue weighted by Crippen LogP contribution is 2.30. The highest BCUT2D eigenvalue weighted by Gasteiger charge is 2.35. The number of carbonyl (C=O) groups excluding carboxylic acids is 1. The summed E-state index contributed by atoms with van der Waals surface area (Å²) >= 11 is 0. The molecule has 0 aromatic heterocycles. The number of likely N-dealkylation sites (tertiary alicyclic amines) is 1. The van der Waals surface area contributed by atoms with Gasteiger partial charge in [-0.2, -0.15) is 8.42 Å². The van der Waals surface area contributed by atoms with Crippen LogP contribution in [0, 0.1) is 12.8 Å². The first kappa shape index (κ1) is 23.8. The first-order valence-corrected chi connectivity index (χ1v) is 13.9. The SMILES string of the molecule is CCN1CCN(c2ccc(NC(=O)C3CCCN(C4=NS(=O)(=O)c5ccccc54)C3)cc2C)CC1. The second-order valence-corrected chi connectivity index (χ2v) is 11.2. The summed E-state index contributed by atoms with van der Waals surface area (Å²) in [6.07, 6.45) is 1.57. The van der Waals surface area contributed by atoms with Gasteiger partial charge in [-0.25, -0.2) is 0 Å². The Hall–Kier alpha value is -2.91. The van der Waals surface area contributed by atoms with E-state index in [1.54, 1.807) is 18.2 Å². The van der Waals surface area contributed by atoms with E-state index in [0.29, 0.717) is 24.5 Å². The molecule has 0 bridgehead atoms. The molecule has 3 heterocycles. The summed E-state index contributed by atoms with van der Waals surface area (Å²) in [5, 5.41) is 3.09. The Morgan fingerprint density at radius 1 is 1.06 bits per heavy atom. The average Bonchev–Trinajstić information content (AvgIpc) is 3.15. The molecule has 35 heavy (non-hydrogen) atoms. The van der Waals surface area contributed by atoms with Crippen molar-refractivity contribution in [3.8, 4) is 0 Å². The maximum absolute atomic E-state index is 13.2. The van der Waals surface area contributed by atoms with Gasteiger partial charge in [-0.05, 0) is 62.2 Å². The van der Waals surface area contributed by atoms with E-state index in [1.165, 1.54) is 5.69 Å². The zero-order valence-electron chi connectivity index (χ0n) is 20.4. The lowest BCUT2D eigenvalue weighted by atomic mass is 9.96. The Labute approximate surface area is 207 Å². The Kier molecular flexibility index (Phi) is 6.55. The standard InChI is InChI=1S/C26H33N5O3S/c1-3-29-13-15-30(16-14-29)23-11-10-21(17-19(23)2)27-26(32)20-7-6-12-31(18-20)25-22-8-4-5-9-24(22)35(33,34)28-25/h4-5,8-11,17,20H,3,6-7,12-16,18H2,1-2H3,(H,27,32). The number of amidine groups is 1. The van der Waals surface area contributed by atoms with Crippen LogP contribution in [0.25, 0.3) is 0 Å². The number of sulfonamides is 1. The van der Waals surface area contributed by atoms with E-state index >= 15 is 0 Å². The predicted molar refractivity (Wildman–Crippen MR) is 139 cm³/mol. The van der Waals surface area contributed by atoms with Crippen molar-refractivity contribution in [2.45, 2.75) is 31.6 Å². The number of fused-ring (bicyclic) bond motifs is 1. The summed E-state index contributed by atoms with van der Waals surface area (Å²) in [6, 6.07) is 13.0. The Morgan fingerprint density at radius 3 is 2.57 bits per heavy atom. The van der Waals surface area contributed by atoms with Crippen LogP contribution in [0.5, 0.6) is 0 Å². The van der Waals surface area contributed by atoms with Crippen molar-refractivity contribution in [3.63, 3.8) is 0 Å². The van der Waals surface area contributed by atoms with Gasteiger partial charge in [0, 0.05) is 56.2 Å². The summed E-state index contributed by atoms with van der Waals surface area (Å²) in [6.45, 7) is 10.7. The molecule has 0 aliphatic carbocycles. The number of hydrogen-bond donors (Lipinski definition) is 1. The molecule has 8 nitrogen and oxygen atoms in total.